The fourth-order valence-corrected chi connectivity index (χ4v) is 0.614. The lowest BCUT2D eigenvalue weighted by atomic mass is 10.1. The summed E-state index contributed by atoms with van der Waals surface area (Å²) in [6.45, 7) is 6.01. The lowest BCUT2D eigenvalue weighted by Crippen LogP contribution is -2.14. The topological polar surface area (TPSA) is 38.7 Å². The molecule has 3 heteroatoms. The monoisotopic (exact) mass is 146 g/mol. The average molecular weight is 146 g/mol. The van der Waals surface area contributed by atoms with Gasteiger partial charge in [-0.3, -0.25) is 5.26 Å². The van der Waals surface area contributed by atoms with Crippen molar-refractivity contribution in [1.82, 2.24) is 0 Å². The van der Waals surface area contributed by atoms with Gasteiger partial charge in [-0.15, -0.1) is 0 Å². The molecule has 0 amide bonds. The zero-order chi connectivity index (χ0) is 7.98. The molecule has 0 saturated heterocycles. The Bertz CT molecular complexity index is 101. The summed E-state index contributed by atoms with van der Waals surface area (Å²) in [5.74, 6) is 0. The molecule has 1 atom stereocenters. The summed E-state index contributed by atoms with van der Waals surface area (Å²) in [5.41, 5.74) is 0.805. The first-order chi connectivity index (χ1) is 4.72. The minimum Gasteiger partial charge on any atom is -0.385 e. The first kappa shape index (κ1) is 9.62. The van der Waals surface area contributed by atoms with E-state index in [1.54, 1.807) is 14.0 Å². The van der Waals surface area contributed by atoms with E-state index < -0.39 is 0 Å². The number of hydrogen-bond donors (Lipinski definition) is 1. The normalized spacial score (nSPS) is 13.1. The van der Waals surface area contributed by atoms with Gasteiger partial charge in [0.2, 0.25) is 0 Å². The second-order valence-electron chi connectivity index (χ2n) is 2.22. The zero-order valence-corrected chi connectivity index (χ0v) is 6.46. The van der Waals surface area contributed by atoms with Crippen LogP contribution in [0.1, 0.15) is 13.3 Å². The van der Waals surface area contributed by atoms with Crippen LogP contribution in [-0.4, -0.2) is 25.1 Å². The van der Waals surface area contributed by atoms with Crippen LogP contribution in [0.4, 0.5) is 0 Å². The first-order valence-corrected chi connectivity index (χ1v) is 3.17. The van der Waals surface area contributed by atoms with E-state index in [1.165, 1.54) is 0 Å². The lowest BCUT2D eigenvalue weighted by Gasteiger charge is -2.11. The molecule has 3 nitrogen and oxygen atoms in total. The van der Waals surface area contributed by atoms with Gasteiger partial charge in [0.1, 0.15) is 6.10 Å². The Morgan fingerprint density at radius 2 is 2.30 bits per heavy atom. The van der Waals surface area contributed by atoms with E-state index in [1.807, 2.05) is 0 Å². The molecule has 0 rings (SSSR count). The SMILES string of the molecule is C=C(C)C(CCOC)OO. The molecular formula is C7H14O3. The Morgan fingerprint density at radius 3 is 2.60 bits per heavy atom. The van der Waals surface area contributed by atoms with E-state index >= 15 is 0 Å². The number of methoxy groups -OCH3 is 1. The molecule has 1 N–H and O–H groups in total. The molecule has 0 aliphatic carbocycles. The Kier molecular flexibility index (Phi) is 5.20. The zero-order valence-electron chi connectivity index (χ0n) is 6.46. The van der Waals surface area contributed by atoms with Crippen LogP contribution >= 0.6 is 0 Å². The summed E-state index contributed by atoms with van der Waals surface area (Å²) in [5, 5.41) is 8.31. The lowest BCUT2D eigenvalue weighted by molar-refractivity contribution is -0.270. The van der Waals surface area contributed by atoms with Gasteiger partial charge in [0.25, 0.3) is 0 Å². The number of ether oxygens (including phenoxy) is 1. The molecule has 0 aromatic rings. The molecule has 0 bridgehead atoms. The van der Waals surface area contributed by atoms with Gasteiger partial charge in [0, 0.05) is 20.1 Å². The summed E-state index contributed by atoms with van der Waals surface area (Å²) >= 11 is 0. The molecule has 0 saturated carbocycles. The molecule has 0 aliphatic heterocycles. The third-order valence-electron chi connectivity index (χ3n) is 1.26. The highest BCUT2D eigenvalue weighted by Gasteiger charge is 2.07. The van der Waals surface area contributed by atoms with E-state index in [-0.39, 0.29) is 6.10 Å². The van der Waals surface area contributed by atoms with Crippen molar-refractivity contribution in [2.24, 2.45) is 0 Å². The molecule has 10 heavy (non-hydrogen) atoms. The molecular weight excluding hydrogens is 132 g/mol. The van der Waals surface area contributed by atoms with Gasteiger partial charge < -0.3 is 4.74 Å². The summed E-state index contributed by atoms with van der Waals surface area (Å²) in [7, 11) is 1.60. The predicted molar refractivity (Wildman–Crippen MR) is 38.8 cm³/mol. The summed E-state index contributed by atoms with van der Waals surface area (Å²) < 4.78 is 4.79. The van der Waals surface area contributed by atoms with Crippen molar-refractivity contribution in [2.75, 3.05) is 13.7 Å². The van der Waals surface area contributed by atoms with E-state index in [0.717, 1.165) is 5.57 Å². The van der Waals surface area contributed by atoms with Gasteiger partial charge in [-0.2, -0.15) is 0 Å². The molecule has 0 aromatic carbocycles. The molecule has 0 fully saturated rings. The van der Waals surface area contributed by atoms with Crippen LogP contribution in [0.5, 0.6) is 0 Å². The maximum atomic E-state index is 8.31. The van der Waals surface area contributed by atoms with Crippen LogP contribution < -0.4 is 0 Å². The van der Waals surface area contributed by atoms with Gasteiger partial charge in [-0.05, 0) is 12.5 Å². The Balaban J connectivity index is 3.50. The van der Waals surface area contributed by atoms with Crippen LogP contribution in [-0.2, 0) is 9.62 Å². The minimum absolute atomic E-state index is 0.292. The third-order valence-corrected chi connectivity index (χ3v) is 1.26. The Labute approximate surface area is 61.2 Å². The maximum absolute atomic E-state index is 8.31. The average Bonchev–Trinajstić information content (AvgIpc) is 1.89. The van der Waals surface area contributed by atoms with Gasteiger partial charge >= 0.3 is 0 Å². The maximum Gasteiger partial charge on any atom is 0.115 e. The number of rotatable bonds is 5. The van der Waals surface area contributed by atoms with E-state index in [4.69, 9.17) is 9.99 Å². The van der Waals surface area contributed by atoms with Crippen molar-refractivity contribution in [3.8, 4) is 0 Å². The quantitative estimate of drug-likeness (QED) is 0.362. The van der Waals surface area contributed by atoms with E-state index in [9.17, 15) is 0 Å². The Morgan fingerprint density at radius 1 is 1.70 bits per heavy atom. The fourth-order valence-electron chi connectivity index (χ4n) is 0.614. The van der Waals surface area contributed by atoms with Crippen LogP contribution in [0.3, 0.4) is 0 Å². The van der Waals surface area contributed by atoms with Crippen molar-refractivity contribution in [3.05, 3.63) is 12.2 Å². The van der Waals surface area contributed by atoms with Gasteiger partial charge in [-0.25, -0.2) is 4.89 Å². The van der Waals surface area contributed by atoms with Crippen LogP contribution in [0.15, 0.2) is 12.2 Å². The Hall–Kier alpha value is -0.380. The molecule has 0 aliphatic rings. The smallest absolute Gasteiger partial charge is 0.115 e. The molecule has 0 spiro atoms. The van der Waals surface area contributed by atoms with Crippen molar-refractivity contribution in [3.63, 3.8) is 0 Å². The molecule has 1 unspecified atom stereocenters. The van der Waals surface area contributed by atoms with Crippen molar-refractivity contribution >= 4 is 0 Å². The molecule has 0 aromatic heterocycles. The fraction of sp³-hybridized carbons (Fsp3) is 0.714. The second-order valence-corrected chi connectivity index (χ2v) is 2.22. The standard InChI is InChI=1S/C7H14O3/c1-6(2)7(10-8)4-5-9-3/h7-8H,1,4-5H2,2-3H3. The summed E-state index contributed by atoms with van der Waals surface area (Å²) in [4.78, 5) is 4.13. The van der Waals surface area contributed by atoms with Crippen molar-refractivity contribution < 1.29 is 14.9 Å². The highest BCUT2D eigenvalue weighted by Crippen LogP contribution is 2.06. The van der Waals surface area contributed by atoms with Crippen LogP contribution in [0.25, 0.3) is 0 Å². The van der Waals surface area contributed by atoms with E-state index in [0.29, 0.717) is 13.0 Å². The van der Waals surface area contributed by atoms with Gasteiger partial charge in [0.15, 0.2) is 0 Å². The minimum atomic E-state index is -0.292. The summed E-state index contributed by atoms with van der Waals surface area (Å²) in [6, 6.07) is 0. The first-order valence-electron chi connectivity index (χ1n) is 3.17. The number of hydrogen-bond acceptors (Lipinski definition) is 3. The van der Waals surface area contributed by atoms with Crippen molar-refractivity contribution in [2.45, 2.75) is 19.4 Å². The second kappa shape index (κ2) is 5.41. The highest BCUT2D eigenvalue weighted by molar-refractivity contribution is 4.96. The molecule has 0 radical (unpaired) electrons. The van der Waals surface area contributed by atoms with Crippen molar-refractivity contribution in [1.29, 1.82) is 0 Å². The van der Waals surface area contributed by atoms with Crippen LogP contribution in [0.2, 0.25) is 0 Å². The predicted octanol–water partition coefficient (Wildman–Crippen LogP) is 1.46. The van der Waals surface area contributed by atoms with Gasteiger partial charge in [-0.1, -0.05) is 6.58 Å². The summed E-state index contributed by atoms with van der Waals surface area (Å²) in [6.07, 6.45) is 0.349. The largest absolute Gasteiger partial charge is 0.385 e. The molecule has 0 heterocycles. The third kappa shape index (κ3) is 3.61. The molecule has 60 valence electrons. The van der Waals surface area contributed by atoms with E-state index in [2.05, 4.69) is 11.5 Å². The van der Waals surface area contributed by atoms with Crippen LogP contribution in [0, 0.1) is 0 Å². The van der Waals surface area contributed by atoms with Gasteiger partial charge in [0.05, 0.1) is 0 Å². The highest BCUT2D eigenvalue weighted by atomic mass is 17.1.